The van der Waals surface area contributed by atoms with Crippen LogP contribution in [0.2, 0.25) is 0 Å². The molecule has 4 rings (SSSR count). The van der Waals surface area contributed by atoms with E-state index in [4.69, 9.17) is 0 Å². The maximum atomic E-state index is 12.2. The Morgan fingerprint density at radius 1 is 1.03 bits per heavy atom. The molecular formula is C25H36N4O. The third-order valence-corrected chi connectivity index (χ3v) is 6.83. The fourth-order valence-electron chi connectivity index (χ4n) is 4.94. The molecule has 2 fully saturated rings. The Hall–Kier alpha value is -2.14. The second kappa shape index (κ2) is 9.78. The number of rotatable bonds is 7. The first-order valence-corrected chi connectivity index (χ1v) is 11.6. The van der Waals surface area contributed by atoms with Gasteiger partial charge in [0, 0.05) is 33.1 Å². The molecule has 0 unspecified atom stereocenters. The first-order valence-electron chi connectivity index (χ1n) is 11.6. The third kappa shape index (κ3) is 5.51. The molecule has 1 amide bonds. The molecule has 0 atom stereocenters. The van der Waals surface area contributed by atoms with Gasteiger partial charge in [-0.05, 0) is 81.6 Å². The zero-order chi connectivity index (χ0) is 20.9. The molecule has 0 N–H and O–H groups in total. The van der Waals surface area contributed by atoms with Crippen LogP contribution in [0.5, 0.6) is 0 Å². The van der Waals surface area contributed by atoms with E-state index in [0.717, 1.165) is 37.7 Å². The number of carbonyl (C=O) groups is 1. The molecule has 162 valence electrons. The quantitative estimate of drug-likeness (QED) is 0.701. The van der Waals surface area contributed by atoms with Gasteiger partial charge < -0.3 is 4.90 Å². The van der Waals surface area contributed by atoms with Crippen LogP contribution in [0.15, 0.2) is 30.3 Å². The van der Waals surface area contributed by atoms with Crippen LogP contribution >= 0.6 is 0 Å². The van der Waals surface area contributed by atoms with Crippen molar-refractivity contribution in [3.8, 4) is 0 Å². The van der Waals surface area contributed by atoms with Crippen LogP contribution in [0.25, 0.3) is 0 Å². The zero-order valence-electron chi connectivity index (χ0n) is 18.6. The Labute approximate surface area is 181 Å². The number of nitrogens with zero attached hydrogens (tertiary/aromatic N) is 4. The van der Waals surface area contributed by atoms with Crippen molar-refractivity contribution in [1.82, 2.24) is 19.6 Å². The summed E-state index contributed by atoms with van der Waals surface area (Å²) in [4.78, 5) is 16.8. The van der Waals surface area contributed by atoms with Gasteiger partial charge in [0.05, 0.1) is 11.4 Å². The van der Waals surface area contributed by atoms with Gasteiger partial charge in [-0.1, -0.05) is 24.3 Å². The van der Waals surface area contributed by atoms with Crippen LogP contribution in [0.1, 0.15) is 54.6 Å². The lowest BCUT2D eigenvalue weighted by molar-refractivity contribution is -0.130. The monoisotopic (exact) mass is 408 g/mol. The second-order valence-corrected chi connectivity index (χ2v) is 9.23. The number of aromatic nitrogens is 2. The highest BCUT2D eigenvalue weighted by atomic mass is 16.2. The van der Waals surface area contributed by atoms with Gasteiger partial charge in [0.2, 0.25) is 5.91 Å². The maximum absolute atomic E-state index is 12.2. The van der Waals surface area contributed by atoms with Crippen molar-refractivity contribution >= 4 is 5.91 Å². The normalized spacial score (nSPS) is 18.3. The Balaban J connectivity index is 1.19. The van der Waals surface area contributed by atoms with E-state index in [9.17, 15) is 4.79 Å². The summed E-state index contributed by atoms with van der Waals surface area (Å²) in [6.07, 6.45) is 7.55. The number of amides is 1. The number of benzene rings is 1. The van der Waals surface area contributed by atoms with Crippen LogP contribution in [0.4, 0.5) is 0 Å². The third-order valence-electron chi connectivity index (χ3n) is 6.83. The average molecular weight is 409 g/mol. The van der Waals surface area contributed by atoms with Gasteiger partial charge in [0.1, 0.15) is 0 Å². The molecule has 1 aromatic heterocycles. The van der Waals surface area contributed by atoms with Gasteiger partial charge in [-0.25, -0.2) is 0 Å². The highest BCUT2D eigenvalue weighted by Gasteiger charge is 2.21. The number of likely N-dealkylation sites (tertiary alicyclic amines) is 2. The summed E-state index contributed by atoms with van der Waals surface area (Å²) < 4.78 is 2.02. The number of carbonyl (C=O) groups excluding carboxylic acids is 1. The molecule has 1 aromatic carbocycles. The Kier molecular flexibility index (Phi) is 6.88. The number of aryl methyl sites for hydroxylation is 3. The van der Waals surface area contributed by atoms with E-state index in [2.05, 4.69) is 47.3 Å². The highest BCUT2D eigenvalue weighted by molar-refractivity contribution is 5.76. The fraction of sp³-hybridized carbons (Fsp3) is 0.600. The van der Waals surface area contributed by atoms with E-state index in [1.165, 1.54) is 62.0 Å². The molecule has 5 heteroatoms. The molecule has 30 heavy (non-hydrogen) atoms. The minimum atomic E-state index is 0.324. The number of piperidine rings is 1. The molecule has 2 aliphatic heterocycles. The van der Waals surface area contributed by atoms with Crippen LogP contribution in [-0.2, 0) is 31.2 Å². The smallest absolute Gasteiger partial charge is 0.222 e. The van der Waals surface area contributed by atoms with Crippen LogP contribution in [-0.4, -0.2) is 51.7 Å². The molecule has 5 nitrogen and oxygen atoms in total. The van der Waals surface area contributed by atoms with Crippen molar-refractivity contribution in [2.75, 3.05) is 26.2 Å². The molecule has 0 radical (unpaired) electrons. The summed E-state index contributed by atoms with van der Waals surface area (Å²) in [5.41, 5.74) is 5.13. The van der Waals surface area contributed by atoms with Crippen molar-refractivity contribution in [3.63, 3.8) is 0 Å². The summed E-state index contributed by atoms with van der Waals surface area (Å²) in [6.45, 7) is 7.33. The van der Waals surface area contributed by atoms with Gasteiger partial charge in [-0.2, -0.15) is 5.10 Å². The maximum Gasteiger partial charge on any atom is 0.222 e. The molecule has 0 aliphatic carbocycles. The van der Waals surface area contributed by atoms with Gasteiger partial charge in [-0.15, -0.1) is 0 Å². The van der Waals surface area contributed by atoms with Crippen molar-refractivity contribution in [1.29, 1.82) is 0 Å². The first-order chi connectivity index (χ1) is 14.6. The lowest BCUT2D eigenvalue weighted by Crippen LogP contribution is -2.34. The summed E-state index contributed by atoms with van der Waals surface area (Å²) in [6, 6.07) is 11.2. The molecule has 0 saturated carbocycles. The Bertz CT molecular complexity index is 827. The van der Waals surface area contributed by atoms with Gasteiger partial charge in [-0.3, -0.25) is 14.4 Å². The van der Waals surface area contributed by atoms with Crippen molar-refractivity contribution in [3.05, 3.63) is 52.8 Å². The van der Waals surface area contributed by atoms with Crippen molar-refractivity contribution in [2.24, 2.45) is 13.0 Å². The predicted octanol–water partition coefficient (Wildman–Crippen LogP) is 3.74. The van der Waals surface area contributed by atoms with E-state index < -0.39 is 0 Å². The fourth-order valence-corrected chi connectivity index (χ4v) is 4.94. The summed E-state index contributed by atoms with van der Waals surface area (Å²) >= 11 is 0. The molecule has 0 spiro atoms. The van der Waals surface area contributed by atoms with E-state index >= 15 is 0 Å². The molecular weight excluding hydrogens is 372 g/mol. The second-order valence-electron chi connectivity index (χ2n) is 9.23. The van der Waals surface area contributed by atoms with Gasteiger partial charge in [0.15, 0.2) is 0 Å². The minimum absolute atomic E-state index is 0.324. The molecule has 2 aromatic rings. The number of hydrogen-bond donors (Lipinski definition) is 0. The summed E-state index contributed by atoms with van der Waals surface area (Å²) in [7, 11) is 2.04. The molecule has 0 bridgehead atoms. The molecule has 2 aliphatic rings. The minimum Gasteiger partial charge on any atom is -0.343 e. The summed E-state index contributed by atoms with van der Waals surface area (Å²) in [5.74, 6) is 1.10. The highest BCUT2D eigenvalue weighted by Crippen LogP contribution is 2.23. The summed E-state index contributed by atoms with van der Waals surface area (Å²) in [5, 5.41) is 4.47. The topological polar surface area (TPSA) is 41.4 Å². The molecule has 2 saturated heterocycles. The van der Waals surface area contributed by atoms with E-state index in [0.29, 0.717) is 12.3 Å². The largest absolute Gasteiger partial charge is 0.343 e. The van der Waals surface area contributed by atoms with E-state index in [-0.39, 0.29) is 0 Å². The van der Waals surface area contributed by atoms with Gasteiger partial charge in [0.25, 0.3) is 0 Å². The standard InChI is InChI=1S/C25H36N4O/c1-20-17-24(27(2)26-20)19-28-15-11-23(12-16-28)18-22-7-5-21(6-8-22)9-10-25(30)29-13-3-4-14-29/h5-8,17,23H,3-4,9-16,18-19H2,1-2H3. The first kappa shape index (κ1) is 21.1. The molecule has 3 heterocycles. The van der Waals surface area contributed by atoms with Crippen LogP contribution < -0.4 is 0 Å². The van der Waals surface area contributed by atoms with E-state index in [1.54, 1.807) is 0 Å². The zero-order valence-corrected chi connectivity index (χ0v) is 18.6. The Morgan fingerprint density at radius 3 is 2.33 bits per heavy atom. The lowest BCUT2D eigenvalue weighted by Gasteiger charge is -2.32. The Morgan fingerprint density at radius 2 is 1.70 bits per heavy atom. The van der Waals surface area contributed by atoms with Crippen molar-refractivity contribution in [2.45, 2.75) is 58.4 Å². The predicted molar refractivity (Wildman–Crippen MR) is 120 cm³/mol. The lowest BCUT2D eigenvalue weighted by atomic mass is 9.89. The van der Waals surface area contributed by atoms with Crippen LogP contribution in [0, 0.1) is 12.8 Å². The van der Waals surface area contributed by atoms with Crippen molar-refractivity contribution < 1.29 is 4.79 Å². The van der Waals surface area contributed by atoms with E-state index in [1.807, 2.05) is 16.6 Å². The van der Waals surface area contributed by atoms with Crippen LogP contribution in [0.3, 0.4) is 0 Å². The van der Waals surface area contributed by atoms with Gasteiger partial charge >= 0.3 is 0 Å². The average Bonchev–Trinajstić information content (AvgIpc) is 3.39. The number of hydrogen-bond acceptors (Lipinski definition) is 3. The SMILES string of the molecule is Cc1cc(CN2CCC(Cc3ccc(CCC(=O)N4CCCC4)cc3)CC2)n(C)n1.